The Kier molecular flexibility index (Phi) is 6.11. The van der Waals surface area contributed by atoms with Gasteiger partial charge in [0.1, 0.15) is 11.9 Å². The van der Waals surface area contributed by atoms with Gasteiger partial charge in [-0.1, -0.05) is 47.1 Å². The fraction of sp³-hybridized carbons (Fsp3) is 0.318. The van der Waals surface area contributed by atoms with Crippen LogP contribution in [0.25, 0.3) is 11.4 Å². The fourth-order valence-corrected chi connectivity index (χ4v) is 3.99. The van der Waals surface area contributed by atoms with E-state index in [0.29, 0.717) is 35.3 Å². The highest BCUT2D eigenvalue weighted by Gasteiger charge is 2.34. The SMILES string of the molecule is N[C@@H](CC(=O)N1CCC[C@H]1c1nc(-c2cccc(Cl)c2)no1)Cc1ccccc1F. The number of nitrogens with zero attached hydrogens (tertiary/aromatic N) is 3. The maximum absolute atomic E-state index is 13.9. The summed E-state index contributed by atoms with van der Waals surface area (Å²) >= 11 is 6.04. The number of hydrogen-bond donors (Lipinski definition) is 1. The molecule has 0 radical (unpaired) electrons. The molecular weight excluding hydrogens is 407 g/mol. The Balaban J connectivity index is 1.43. The fourth-order valence-electron chi connectivity index (χ4n) is 3.80. The summed E-state index contributed by atoms with van der Waals surface area (Å²) in [4.78, 5) is 19.1. The third-order valence-electron chi connectivity index (χ3n) is 5.26. The van der Waals surface area contributed by atoms with Gasteiger partial charge in [0.25, 0.3) is 0 Å². The van der Waals surface area contributed by atoms with Crippen molar-refractivity contribution in [2.45, 2.75) is 37.8 Å². The van der Waals surface area contributed by atoms with Crippen molar-refractivity contribution < 1.29 is 13.7 Å². The highest BCUT2D eigenvalue weighted by molar-refractivity contribution is 6.30. The molecule has 0 saturated carbocycles. The van der Waals surface area contributed by atoms with Crippen molar-refractivity contribution in [2.75, 3.05) is 6.54 Å². The van der Waals surface area contributed by atoms with E-state index in [0.717, 1.165) is 18.4 Å². The van der Waals surface area contributed by atoms with Crippen LogP contribution in [-0.2, 0) is 11.2 Å². The zero-order chi connectivity index (χ0) is 21.1. The molecule has 30 heavy (non-hydrogen) atoms. The van der Waals surface area contributed by atoms with Crippen LogP contribution in [0, 0.1) is 5.82 Å². The summed E-state index contributed by atoms with van der Waals surface area (Å²) in [6, 6.07) is 12.9. The third-order valence-corrected chi connectivity index (χ3v) is 5.49. The molecule has 1 aromatic heterocycles. The van der Waals surface area contributed by atoms with Gasteiger partial charge in [-0.15, -0.1) is 0 Å². The summed E-state index contributed by atoms with van der Waals surface area (Å²) in [5, 5.41) is 4.63. The first-order chi connectivity index (χ1) is 14.5. The smallest absolute Gasteiger partial charge is 0.249 e. The van der Waals surface area contributed by atoms with Gasteiger partial charge in [0.2, 0.25) is 17.6 Å². The summed E-state index contributed by atoms with van der Waals surface area (Å²) < 4.78 is 19.3. The summed E-state index contributed by atoms with van der Waals surface area (Å²) in [6.07, 6.45) is 2.01. The molecule has 8 heteroatoms. The van der Waals surface area contributed by atoms with Crippen LogP contribution in [0.5, 0.6) is 0 Å². The lowest BCUT2D eigenvalue weighted by Gasteiger charge is -2.23. The zero-order valence-electron chi connectivity index (χ0n) is 16.3. The number of carbonyl (C=O) groups is 1. The first-order valence-electron chi connectivity index (χ1n) is 9.89. The minimum Gasteiger partial charge on any atom is -0.337 e. The molecule has 1 saturated heterocycles. The Hall–Kier alpha value is -2.77. The number of benzene rings is 2. The van der Waals surface area contributed by atoms with Crippen LogP contribution in [0.3, 0.4) is 0 Å². The van der Waals surface area contributed by atoms with Gasteiger partial charge in [-0.05, 0) is 43.0 Å². The Morgan fingerprint density at radius 1 is 1.30 bits per heavy atom. The molecule has 0 bridgehead atoms. The lowest BCUT2D eigenvalue weighted by Crippen LogP contribution is -2.36. The zero-order valence-corrected chi connectivity index (χ0v) is 17.1. The maximum atomic E-state index is 13.9. The number of amides is 1. The van der Waals surface area contributed by atoms with Gasteiger partial charge < -0.3 is 15.2 Å². The van der Waals surface area contributed by atoms with E-state index in [1.54, 1.807) is 35.2 Å². The highest BCUT2D eigenvalue weighted by Crippen LogP contribution is 2.33. The van der Waals surface area contributed by atoms with E-state index in [2.05, 4.69) is 10.1 Å². The van der Waals surface area contributed by atoms with E-state index < -0.39 is 6.04 Å². The van der Waals surface area contributed by atoms with Gasteiger partial charge in [-0.25, -0.2) is 4.39 Å². The van der Waals surface area contributed by atoms with Crippen molar-refractivity contribution in [1.82, 2.24) is 15.0 Å². The van der Waals surface area contributed by atoms with E-state index in [1.807, 2.05) is 12.1 Å². The van der Waals surface area contributed by atoms with Crippen LogP contribution in [-0.4, -0.2) is 33.5 Å². The van der Waals surface area contributed by atoms with Gasteiger partial charge in [0.05, 0.1) is 0 Å². The Labute approximate surface area is 178 Å². The van der Waals surface area contributed by atoms with Gasteiger partial charge in [-0.2, -0.15) is 4.98 Å². The molecule has 2 aromatic carbocycles. The van der Waals surface area contributed by atoms with Gasteiger partial charge in [0.15, 0.2) is 0 Å². The van der Waals surface area contributed by atoms with Crippen LogP contribution in [0.4, 0.5) is 4.39 Å². The Bertz CT molecular complexity index is 1040. The molecular formula is C22H22ClFN4O2. The number of halogens is 2. The van der Waals surface area contributed by atoms with E-state index in [9.17, 15) is 9.18 Å². The molecule has 0 aliphatic carbocycles. The molecule has 6 nitrogen and oxygen atoms in total. The predicted molar refractivity (Wildman–Crippen MR) is 111 cm³/mol. The second kappa shape index (κ2) is 8.93. The van der Waals surface area contributed by atoms with Crippen molar-refractivity contribution in [3.8, 4) is 11.4 Å². The quantitative estimate of drug-likeness (QED) is 0.637. The largest absolute Gasteiger partial charge is 0.337 e. The topological polar surface area (TPSA) is 85.3 Å². The maximum Gasteiger partial charge on any atom is 0.249 e. The molecule has 0 unspecified atom stereocenters. The Morgan fingerprint density at radius 3 is 2.93 bits per heavy atom. The number of aromatic nitrogens is 2. The predicted octanol–water partition coefficient (Wildman–Crippen LogP) is 4.15. The average molecular weight is 429 g/mol. The molecule has 156 valence electrons. The summed E-state index contributed by atoms with van der Waals surface area (Å²) in [5.41, 5.74) is 7.41. The minimum absolute atomic E-state index is 0.0937. The minimum atomic E-state index is -0.472. The molecule has 1 aliphatic heterocycles. The average Bonchev–Trinajstić information content (AvgIpc) is 3.39. The molecule has 4 rings (SSSR count). The van der Waals surface area contributed by atoms with Gasteiger partial charge >= 0.3 is 0 Å². The third kappa shape index (κ3) is 4.52. The number of likely N-dealkylation sites (tertiary alicyclic amines) is 1. The normalized spacial score (nSPS) is 17.3. The molecule has 1 aliphatic rings. The molecule has 2 N–H and O–H groups in total. The summed E-state index contributed by atoms with van der Waals surface area (Å²) in [5.74, 6) is 0.434. The molecule has 1 amide bonds. The van der Waals surface area contributed by atoms with E-state index in [4.69, 9.17) is 21.9 Å². The first-order valence-corrected chi connectivity index (χ1v) is 10.3. The van der Waals surface area contributed by atoms with Crippen LogP contribution < -0.4 is 5.73 Å². The van der Waals surface area contributed by atoms with Crippen LogP contribution in [0.2, 0.25) is 5.02 Å². The first kappa shape index (κ1) is 20.5. The molecule has 2 heterocycles. The van der Waals surface area contributed by atoms with Crippen molar-refractivity contribution in [1.29, 1.82) is 0 Å². The second-order valence-corrected chi connectivity index (χ2v) is 7.91. The molecule has 1 fully saturated rings. The van der Waals surface area contributed by atoms with Gasteiger partial charge in [0, 0.05) is 29.6 Å². The van der Waals surface area contributed by atoms with Crippen molar-refractivity contribution in [3.63, 3.8) is 0 Å². The number of hydrogen-bond acceptors (Lipinski definition) is 5. The summed E-state index contributed by atoms with van der Waals surface area (Å²) in [7, 11) is 0. The van der Waals surface area contributed by atoms with Crippen molar-refractivity contribution >= 4 is 17.5 Å². The lowest BCUT2D eigenvalue weighted by atomic mass is 10.0. The van der Waals surface area contributed by atoms with E-state index >= 15 is 0 Å². The standard InChI is InChI=1S/C22H22ClFN4O2/c23-16-7-3-6-15(11-16)21-26-22(30-27-21)19-9-4-10-28(19)20(29)13-17(25)12-14-5-1-2-8-18(14)24/h1-3,5-8,11,17,19H,4,9-10,12-13,25H2/t17-,19+/m1/s1. The molecule has 0 spiro atoms. The summed E-state index contributed by atoms with van der Waals surface area (Å²) in [6.45, 7) is 0.602. The Morgan fingerprint density at radius 2 is 2.13 bits per heavy atom. The van der Waals surface area contributed by atoms with Crippen LogP contribution in [0.1, 0.15) is 36.8 Å². The number of carbonyl (C=O) groups excluding carboxylic acids is 1. The van der Waals surface area contributed by atoms with Crippen LogP contribution in [0.15, 0.2) is 53.1 Å². The molecule has 3 aromatic rings. The van der Waals surface area contributed by atoms with Crippen LogP contribution >= 0.6 is 11.6 Å². The van der Waals surface area contributed by atoms with Gasteiger partial charge in [-0.3, -0.25) is 4.79 Å². The second-order valence-electron chi connectivity index (χ2n) is 7.47. The molecule has 2 atom stereocenters. The van der Waals surface area contributed by atoms with Crippen molar-refractivity contribution in [2.24, 2.45) is 5.73 Å². The highest BCUT2D eigenvalue weighted by atomic mass is 35.5. The monoisotopic (exact) mass is 428 g/mol. The number of nitrogens with two attached hydrogens (primary N) is 1. The van der Waals surface area contributed by atoms with E-state index in [1.165, 1.54) is 6.07 Å². The van der Waals surface area contributed by atoms with E-state index in [-0.39, 0.29) is 24.2 Å². The van der Waals surface area contributed by atoms with Crippen molar-refractivity contribution in [3.05, 3.63) is 70.8 Å². The number of rotatable bonds is 6. The lowest BCUT2D eigenvalue weighted by molar-refractivity contribution is -0.132.